The number of carboxylic acid groups (broad SMARTS) is 1. The van der Waals surface area contributed by atoms with Gasteiger partial charge in [0, 0.05) is 6.20 Å². The normalized spacial score (nSPS) is 13.0. The number of carbonyl (C=O) groups is 4. The first-order valence-electron chi connectivity index (χ1n) is 13.3. The van der Waals surface area contributed by atoms with Crippen molar-refractivity contribution in [3.8, 4) is 0 Å². The van der Waals surface area contributed by atoms with Crippen LogP contribution in [0.3, 0.4) is 0 Å². The zero-order valence-corrected chi connectivity index (χ0v) is 24.3. The van der Waals surface area contributed by atoms with E-state index in [1.807, 2.05) is 30.3 Å². The van der Waals surface area contributed by atoms with Crippen LogP contribution in [0.25, 0.3) is 0 Å². The number of alkyl carbamates (subject to hydrolysis) is 1. The van der Waals surface area contributed by atoms with Crippen LogP contribution >= 0.6 is 0 Å². The third-order valence-corrected chi connectivity index (χ3v) is 5.90. The number of anilines is 1. The van der Waals surface area contributed by atoms with Gasteiger partial charge >= 0.3 is 12.1 Å². The van der Waals surface area contributed by atoms with Crippen molar-refractivity contribution in [1.29, 1.82) is 0 Å². The lowest BCUT2D eigenvalue weighted by Crippen LogP contribution is -2.59. The van der Waals surface area contributed by atoms with E-state index in [-0.39, 0.29) is 19.0 Å². The third-order valence-electron chi connectivity index (χ3n) is 5.90. The minimum absolute atomic E-state index is 0.0793. The molecule has 12 heteroatoms. The van der Waals surface area contributed by atoms with Gasteiger partial charge in [0.2, 0.25) is 5.91 Å². The predicted molar refractivity (Wildman–Crippen MR) is 155 cm³/mol. The van der Waals surface area contributed by atoms with Gasteiger partial charge in [0.05, 0.1) is 19.5 Å². The molecule has 0 spiro atoms. The summed E-state index contributed by atoms with van der Waals surface area (Å²) in [5.41, 5.74) is -0.811. The molecule has 3 aromatic rings. The average molecular weight is 580 g/mol. The maximum Gasteiger partial charge on any atom is 0.408 e. The molecule has 0 saturated carbocycles. The highest BCUT2D eigenvalue weighted by Gasteiger charge is 2.35. The average Bonchev–Trinajstić information content (AvgIpc) is 3.35. The summed E-state index contributed by atoms with van der Waals surface area (Å²) in [7, 11) is 0. The highest BCUT2D eigenvalue weighted by molar-refractivity contribution is 5.98. The minimum Gasteiger partial charge on any atom is -0.479 e. The maximum absolute atomic E-state index is 13.3. The largest absolute Gasteiger partial charge is 0.479 e. The summed E-state index contributed by atoms with van der Waals surface area (Å²) in [5.74, 6) is -2.33. The second kappa shape index (κ2) is 13.8. The van der Waals surface area contributed by atoms with Gasteiger partial charge in [-0.15, -0.1) is 0 Å². The summed E-state index contributed by atoms with van der Waals surface area (Å²) < 4.78 is 12.4. The van der Waals surface area contributed by atoms with Crippen LogP contribution in [-0.2, 0) is 30.5 Å². The Morgan fingerprint density at radius 1 is 0.952 bits per heavy atom. The summed E-state index contributed by atoms with van der Waals surface area (Å²) >= 11 is 0. The summed E-state index contributed by atoms with van der Waals surface area (Å²) in [6.07, 6.45) is 1.90. The van der Waals surface area contributed by atoms with E-state index < -0.39 is 47.1 Å². The van der Waals surface area contributed by atoms with Crippen LogP contribution in [0.1, 0.15) is 51.8 Å². The van der Waals surface area contributed by atoms with Crippen molar-refractivity contribution in [1.82, 2.24) is 20.2 Å². The molecule has 0 saturated heterocycles. The van der Waals surface area contributed by atoms with E-state index in [1.165, 1.54) is 30.9 Å². The molecule has 1 unspecified atom stereocenters. The molecule has 0 radical (unpaired) electrons. The molecular weight excluding hydrogens is 542 g/mol. The summed E-state index contributed by atoms with van der Waals surface area (Å²) in [4.78, 5) is 55.0. The lowest BCUT2D eigenvalue weighted by Gasteiger charge is -2.29. The molecule has 2 aromatic carbocycles. The molecule has 3 rings (SSSR count). The second-order valence-electron chi connectivity index (χ2n) is 11.1. The van der Waals surface area contributed by atoms with Crippen LogP contribution in [0.4, 0.5) is 10.6 Å². The number of hydrogen-bond acceptors (Lipinski definition) is 7. The Bertz CT molecular complexity index is 1370. The van der Waals surface area contributed by atoms with Gasteiger partial charge in [-0.3, -0.25) is 9.59 Å². The summed E-state index contributed by atoms with van der Waals surface area (Å²) in [6, 6.07) is 15.6. The molecule has 1 heterocycles. The van der Waals surface area contributed by atoms with E-state index in [9.17, 15) is 24.3 Å². The van der Waals surface area contributed by atoms with Crippen molar-refractivity contribution in [2.75, 3.05) is 11.9 Å². The van der Waals surface area contributed by atoms with Gasteiger partial charge in [-0.25, -0.2) is 14.6 Å². The first-order chi connectivity index (χ1) is 19.7. The Balaban J connectivity index is 1.74. The summed E-state index contributed by atoms with van der Waals surface area (Å²) in [6.45, 7) is 8.04. The molecule has 0 aliphatic heterocycles. The SMILES string of the molecule is CC(C)(C)OC(=O)NC(C)(C)C(=O)N[C@H](COCc1ccccc1)C(=O)Nc1cn(C(C(=O)O)c2ccccc2)cn1. The number of benzene rings is 2. The number of ether oxygens (including phenoxy) is 2. The fourth-order valence-corrected chi connectivity index (χ4v) is 3.84. The van der Waals surface area contributed by atoms with Crippen molar-refractivity contribution in [3.63, 3.8) is 0 Å². The molecule has 0 bridgehead atoms. The van der Waals surface area contributed by atoms with Crippen molar-refractivity contribution < 1.29 is 33.8 Å². The van der Waals surface area contributed by atoms with Crippen LogP contribution in [0.15, 0.2) is 73.2 Å². The van der Waals surface area contributed by atoms with Crippen molar-refractivity contribution in [2.24, 2.45) is 0 Å². The Hall–Kier alpha value is -4.71. The van der Waals surface area contributed by atoms with E-state index in [4.69, 9.17) is 9.47 Å². The van der Waals surface area contributed by atoms with Gasteiger partial charge in [0.1, 0.15) is 17.2 Å². The molecule has 12 nitrogen and oxygen atoms in total. The Labute approximate surface area is 244 Å². The Morgan fingerprint density at radius 3 is 2.17 bits per heavy atom. The molecule has 3 amide bonds. The van der Waals surface area contributed by atoms with Crippen molar-refractivity contribution in [3.05, 3.63) is 84.3 Å². The van der Waals surface area contributed by atoms with E-state index in [2.05, 4.69) is 20.9 Å². The quantitative estimate of drug-likeness (QED) is 0.254. The number of carbonyl (C=O) groups excluding carboxylic acids is 3. The number of nitrogens with zero attached hydrogens (tertiary/aromatic N) is 2. The highest BCUT2D eigenvalue weighted by atomic mass is 16.6. The first kappa shape index (κ1) is 31.8. The number of aromatic nitrogens is 2. The van der Waals surface area contributed by atoms with Gasteiger partial charge < -0.3 is 35.1 Å². The van der Waals surface area contributed by atoms with E-state index in [1.54, 1.807) is 51.1 Å². The molecule has 0 aliphatic rings. The molecule has 0 fully saturated rings. The molecule has 4 N–H and O–H groups in total. The number of hydrogen-bond donors (Lipinski definition) is 4. The van der Waals surface area contributed by atoms with E-state index in [0.29, 0.717) is 5.56 Å². The van der Waals surface area contributed by atoms with E-state index >= 15 is 0 Å². The molecular formula is C30H37N5O7. The number of aliphatic carboxylic acids is 1. The van der Waals surface area contributed by atoms with Gasteiger partial charge in [0.25, 0.3) is 5.91 Å². The van der Waals surface area contributed by atoms with Gasteiger partial charge in [-0.05, 0) is 45.7 Å². The molecule has 2 atom stereocenters. The van der Waals surface area contributed by atoms with Crippen LogP contribution in [-0.4, -0.2) is 62.3 Å². The Morgan fingerprint density at radius 2 is 1.57 bits per heavy atom. The first-order valence-corrected chi connectivity index (χ1v) is 13.3. The predicted octanol–water partition coefficient (Wildman–Crippen LogP) is 3.50. The smallest absolute Gasteiger partial charge is 0.408 e. The standard InChI is InChI=1S/C30H37N5O7/c1-29(2,3)42-28(40)34-30(4,5)27(39)32-22(18-41-17-20-12-8-6-9-13-20)25(36)33-23-16-35(19-31-23)24(26(37)38)21-14-10-7-11-15-21/h6-16,19,22,24H,17-18H2,1-5H3,(H,32,39)(H,33,36)(H,34,40)(H,37,38)/t22-,24?/m1/s1. The number of amides is 3. The zero-order chi connectivity index (χ0) is 30.9. The highest BCUT2D eigenvalue weighted by Crippen LogP contribution is 2.20. The second-order valence-corrected chi connectivity index (χ2v) is 11.1. The van der Waals surface area contributed by atoms with Gasteiger partial charge in [-0.1, -0.05) is 60.7 Å². The van der Waals surface area contributed by atoms with Crippen LogP contribution in [0.2, 0.25) is 0 Å². The Kier molecular flexibility index (Phi) is 10.4. The lowest BCUT2D eigenvalue weighted by atomic mass is 10.0. The monoisotopic (exact) mass is 579 g/mol. The molecule has 42 heavy (non-hydrogen) atoms. The molecule has 1 aromatic heterocycles. The van der Waals surface area contributed by atoms with Crippen molar-refractivity contribution >= 4 is 29.7 Å². The number of rotatable bonds is 12. The van der Waals surface area contributed by atoms with Crippen LogP contribution < -0.4 is 16.0 Å². The minimum atomic E-state index is -1.44. The van der Waals surface area contributed by atoms with Gasteiger partial charge in [-0.2, -0.15) is 0 Å². The van der Waals surface area contributed by atoms with Gasteiger partial charge in [0.15, 0.2) is 11.9 Å². The van der Waals surface area contributed by atoms with Crippen LogP contribution in [0.5, 0.6) is 0 Å². The number of imidazole rings is 1. The fraction of sp³-hybridized carbons (Fsp3) is 0.367. The summed E-state index contributed by atoms with van der Waals surface area (Å²) in [5, 5.41) is 17.6. The number of carboxylic acids is 1. The third kappa shape index (κ3) is 9.44. The van der Waals surface area contributed by atoms with Crippen LogP contribution in [0, 0.1) is 0 Å². The molecule has 224 valence electrons. The zero-order valence-electron chi connectivity index (χ0n) is 24.3. The maximum atomic E-state index is 13.3. The fourth-order valence-electron chi connectivity index (χ4n) is 3.84. The molecule has 0 aliphatic carbocycles. The number of nitrogens with one attached hydrogen (secondary N) is 3. The van der Waals surface area contributed by atoms with E-state index in [0.717, 1.165) is 5.56 Å². The van der Waals surface area contributed by atoms with Crippen molar-refractivity contribution in [2.45, 2.75) is 64.4 Å². The topological polar surface area (TPSA) is 161 Å². The lowest BCUT2D eigenvalue weighted by molar-refractivity contribution is -0.139.